The van der Waals surface area contributed by atoms with Crippen LogP contribution in [0, 0.1) is 5.82 Å². The number of nitrogens with zero attached hydrogens (tertiary/aromatic N) is 1. The third-order valence-corrected chi connectivity index (χ3v) is 8.36. The Balaban J connectivity index is 1.80. The summed E-state index contributed by atoms with van der Waals surface area (Å²) in [6.45, 7) is 3.25. The molecule has 5 rings (SSSR count). The van der Waals surface area contributed by atoms with Gasteiger partial charge in [-0.3, -0.25) is 14.4 Å². The van der Waals surface area contributed by atoms with E-state index in [1.54, 1.807) is 64.3 Å². The molecule has 3 unspecified atom stereocenters. The van der Waals surface area contributed by atoms with Gasteiger partial charge in [-0.2, -0.15) is 0 Å². The molecule has 0 saturated carbocycles. The van der Waals surface area contributed by atoms with Crippen molar-refractivity contribution < 1.29 is 23.5 Å². The number of halogens is 4. The number of nitrogens with one attached hydrogen (secondary N) is 2. The average molecular weight is 619 g/mol. The Morgan fingerprint density at radius 1 is 0.976 bits per heavy atom. The molecule has 41 heavy (non-hydrogen) atoms. The number of rotatable bonds is 5. The topological polar surface area (TPSA) is 87.7 Å². The summed E-state index contributed by atoms with van der Waals surface area (Å²) in [5.74, 6) is -2.48. The lowest BCUT2D eigenvalue weighted by molar-refractivity contribution is -0.143. The van der Waals surface area contributed by atoms with Crippen LogP contribution in [-0.2, 0) is 19.8 Å². The quantitative estimate of drug-likeness (QED) is 0.353. The number of piperidine rings is 1. The number of ether oxygens (including phenoxy) is 1. The van der Waals surface area contributed by atoms with Crippen LogP contribution in [0.3, 0.4) is 0 Å². The predicted molar refractivity (Wildman–Crippen MR) is 156 cm³/mol. The van der Waals surface area contributed by atoms with Crippen molar-refractivity contribution in [2.45, 2.75) is 43.2 Å². The first-order valence-electron chi connectivity index (χ1n) is 12.8. The second kappa shape index (κ2) is 10.5. The summed E-state index contributed by atoms with van der Waals surface area (Å²) in [5.41, 5.74) is -1.48. The Morgan fingerprint density at radius 2 is 1.59 bits per heavy atom. The fourth-order valence-electron chi connectivity index (χ4n) is 6.00. The number of benzene rings is 3. The molecule has 11 heteroatoms. The van der Waals surface area contributed by atoms with Gasteiger partial charge in [0.05, 0.1) is 6.04 Å². The summed E-state index contributed by atoms with van der Waals surface area (Å²) < 4.78 is 21.8. The zero-order valence-corrected chi connectivity index (χ0v) is 24.9. The summed E-state index contributed by atoms with van der Waals surface area (Å²) >= 11 is 19.0. The Bertz CT molecular complexity index is 1600. The van der Waals surface area contributed by atoms with Gasteiger partial charge in [-0.05, 0) is 67.9 Å². The van der Waals surface area contributed by atoms with Gasteiger partial charge in [0.15, 0.2) is 5.60 Å². The van der Waals surface area contributed by atoms with Crippen molar-refractivity contribution in [1.29, 1.82) is 0 Å². The molecule has 0 aromatic heterocycles. The number of carbonyl (C=O) groups is 3. The van der Waals surface area contributed by atoms with E-state index in [-0.39, 0.29) is 28.7 Å². The van der Waals surface area contributed by atoms with Gasteiger partial charge in [0, 0.05) is 58.3 Å². The average Bonchev–Trinajstić information content (AvgIpc) is 3.18. The van der Waals surface area contributed by atoms with Gasteiger partial charge in [-0.15, -0.1) is 0 Å². The van der Waals surface area contributed by atoms with Crippen LogP contribution in [-0.4, -0.2) is 42.3 Å². The summed E-state index contributed by atoms with van der Waals surface area (Å²) in [4.78, 5) is 42.0. The van der Waals surface area contributed by atoms with Crippen LogP contribution in [0.2, 0.25) is 15.1 Å². The standard InChI is InChI=1S/C30H27Cl3FN3O4/c1-29(2,28(40)37(3)4)41-24-10-7-16(32)11-18(24)21-14-25(38)36-26(19-12-15(31)6-9-22(19)34)30(21)20-8-5-17(33)13-23(20)35-27(30)39/h5-13,21,26H,14H2,1-4H3,(H,35,39)(H,36,38). The highest BCUT2D eigenvalue weighted by Gasteiger charge is 2.62. The lowest BCUT2D eigenvalue weighted by Crippen LogP contribution is -2.57. The van der Waals surface area contributed by atoms with E-state index in [1.165, 1.54) is 23.1 Å². The van der Waals surface area contributed by atoms with Gasteiger partial charge in [0.2, 0.25) is 11.8 Å². The minimum Gasteiger partial charge on any atom is -0.478 e. The van der Waals surface area contributed by atoms with Gasteiger partial charge >= 0.3 is 0 Å². The van der Waals surface area contributed by atoms with Crippen molar-refractivity contribution in [3.8, 4) is 5.75 Å². The number of anilines is 1. The SMILES string of the molecule is CN(C)C(=O)C(C)(C)Oc1ccc(Cl)cc1C1CC(=O)NC(c2cc(Cl)ccc2F)C12C(=O)Nc1cc(Cl)ccc12. The maximum Gasteiger partial charge on any atom is 0.265 e. The molecule has 0 aliphatic carbocycles. The largest absolute Gasteiger partial charge is 0.478 e. The first-order valence-corrected chi connectivity index (χ1v) is 13.9. The monoisotopic (exact) mass is 617 g/mol. The molecular formula is C30H27Cl3FN3O4. The van der Waals surface area contributed by atoms with E-state index in [1.807, 2.05) is 0 Å². The Labute approximate surface area is 251 Å². The van der Waals surface area contributed by atoms with Crippen LogP contribution in [0.25, 0.3) is 0 Å². The fourth-order valence-corrected chi connectivity index (χ4v) is 6.53. The van der Waals surface area contributed by atoms with E-state index in [0.717, 1.165) is 0 Å². The highest BCUT2D eigenvalue weighted by Crippen LogP contribution is 2.59. The van der Waals surface area contributed by atoms with Crippen LogP contribution >= 0.6 is 34.8 Å². The number of fused-ring (bicyclic) bond motifs is 2. The van der Waals surface area contributed by atoms with Crippen molar-refractivity contribution in [2.24, 2.45) is 0 Å². The molecule has 3 aromatic carbocycles. The van der Waals surface area contributed by atoms with E-state index < -0.39 is 40.6 Å². The zero-order valence-electron chi connectivity index (χ0n) is 22.7. The highest BCUT2D eigenvalue weighted by atomic mass is 35.5. The number of amides is 3. The number of carbonyl (C=O) groups excluding carboxylic acids is 3. The first-order chi connectivity index (χ1) is 19.2. The smallest absolute Gasteiger partial charge is 0.265 e. The van der Waals surface area contributed by atoms with Gasteiger partial charge in [0.25, 0.3) is 5.91 Å². The van der Waals surface area contributed by atoms with Crippen LogP contribution in [0.4, 0.5) is 10.1 Å². The number of hydrogen-bond acceptors (Lipinski definition) is 4. The Morgan fingerprint density at radius 3 is 2.27 bits per heavy atom. The van der Waals surface area contributed by atoms with Gasteiger partial charge in [-0.1, -0.05) is 40.9 Å². The predicted octanol–water partition coefficient (Wildman–Crippen LogP) is 6.27. The minimum atomic E-state index is -1.57. The molecule has 2 N–H and O–H groups in total. The molecule has 0 radical (unpaired) electrons. The molecule has 1 saturated heterocycles. The number of hydrogen-bond donors (Lipinski definition) is 2. The van der Waals surface area contributed by atoms with Gasteiger partial charge in [-0.25, -0.2) is 4.39 Å². The molecule has 1 spiro atoms. The van der Waals surface area contributed by atoms with Crippen LogP contribution in [0.5, 0.6) is 5.75 Å². The van der Waals surface area contributed by atoms with Crippen molar-refractivity contribution in [1.82, 2.24) is 10.2 Å². The maximum absolute atomic E-state index is 15.5. The molecule has 214 valence electrons. The fraction of sp³-hybridized carbons (Fsp3) is 0.300. The molecule has 2 aliphatic rings. The lowest BCUT2D eigenvalue weighted by atomic mass is 9.59. The third-order valence-electron chi connectivity index (χ3n) is 7.65. The molecule has 3 atom stereocenters. The molecule has 3 amide bonds. The van der Waals surface area contributed by atoms with Gasteiger partial charge < -0.3 is 20.3 Å². The molecule has 1 fully saturated rings. The second-order valence-electron chi connectivity index (χ2n) is 10.9. The summed E-state index contributed by atoms with van der Waals surface area (Å²) in [6, 6.07) is 12.6. The van der Waals surface area contributed by atoms with E-state index in [9.17, 15) is 14.4 Å². The van der Waals surface area contributed by atoms with Crippen LogP contribution in [0.1, 0.15) is 48.9 Å². The normalized spacial score (nSPS) is 21.8. The van der Waals surface area contributed by atoms with E-state index >= 15 is 4.39 Å². The van der Waals surface area contributed by atoms with Crippen molar-refractivity contribution >= 4 is 58.2 Å². The van der Waals surface area contributed by atoms with E-state index in [2.05, 4.69) is 10.6 Å². The van der Waals surface area contributed by atoms with Crippen LogP contribution in [0.15, 0.2) is 54.6 Å². The van der Waals surface area contributed by atoms with Gasteiger partial charge in [0.1, 0.15) is 17.0 Å². The molecule has 3 aromatic rings. The number of likely N-dealkylation sites (N-methyl/N-ethyl adjacent to an activating group) is 1. The second-order valence-corrected chi connectivity index (χ2v) is 12.2. The highest BCUT2D eigenvalue weighted by molar-refractivity contribution is 6.31. The van der Waals surface area contributed by atoms with Crippen molar-refractivity contribution in [2.75, 3.05) is 19.4 Å². The minimum absolute atomic E-state index is 0.0427. The Hall–Kier alpha value is -3.33. The van der Waals surface area contributed by atoms with Crippen LogP contribution < -0.4 is 15.4 Å². The zero-order chi connectivity index (χ0) is 29.9. The molecule has 0 bridgehead atoms. The summed E-state index contributed by atoms with van der Waals surface area (Å²) in [7, 11) is 3.23. The molecule has 7 nitrogen and oxygen atoms in total. The summed E-state index contributed by atoms with van der Waals surface area (Å²) in [5, 5.41) is 6.71. The van der Waals surface area contributed by atoms with Crippen molar-refractivity contribution in [3.63, 3.8) is 0 Å². The molecular weight excluding hydrogens is 592 g/mol. The van der Waals surface area contributed by atoms with E-state index in [0.29, 0.717) is 26.9 Å². The first kappa shape index (κ1) is 29.2. The Kier molecular flexibility index (Phi) is 7.47. The summed E-state index contributed by atoms with van der Waals surface area (Å²) in [6.07, 6.45) is -0.160. The van der Waals surface area contributed by atoms with E-state index in [4.69, 9.17) is 39.5 Å². The van der Waals surface area contributed by atoms with Crippen molar-refractivity contribution in [3.05, 3.63) is 92.2 Å². The maximum atomic E-state index is 15.5. The molecule has 2 heterocycles. The molecule has 2 aliphatic heterocycles. The lowest BCUT2D eigenvalue weighted by Gasteiger charge is -2.47. The third kappa shape index (κ3) is 4.92.